The first-order chi connectivity index (χ1) is 12.8. The lowest BCUT2D eigenvalue weighted by molar-refractivity contribution is 0.0250. The van der Waals surface area contributed by atoms with Gasteiger partial charge in [0.15, 0.2) is 0 Å². The third-order valence-electron chi connectivity index (χ3n) is 4.80. The van der Waals surface area contributed by atoms with Crippen molar-refractivity contribution in [2.75, 3.05) is 0 Å². The van der Waals surface area contributed by atoms with Gasteiger partial charge in [-0.2, -0.15) is 0 Å². The largest absolute Gasteiger partial charge is 0.373 e. The van der Waals surface area contributed by atoms with Crippen LogP contribution in [0.2, 0.25) is 5.02 Å². The Bertz CT molecular complexity index is 568. The lowest BCUT2D eigenvalue weighted by Gasteiger charge is -2.18. The van der Waals surface area contributed by atoms with Gasteiger partial charge in [-0.3, -0.25) is 0 Å². The topological polar surface area (TPSA) is 27.1 Å². The Hall–Kier alpha value is -1.32. The van der Waals surface area contributed by atoms with Gasteiger partial charge in [0.05, 0.1) is 19.0 Å². The van der Waals surface area contributed by atoms with E-state index in [4.69, 9.17) is 16.3 Å². The quantitative estimate of drug-likeness (QED) is 0.345. The molecule has 2 aromatic rings. The first kappa shape index (κ1) is 21.0. The molecular formula is C22H33ClN2O. The number of ether oxygens (including phenoxy) is 1. The summed E-state index contributed by atoms with van der Waals surface area (Å²) in [5.74, 6) is 0. The predicted molar refractivity (Wildman–Crippen MR) is 109 cm³/mol. The molecule has 1 aromatic carbocycles. The molecule has 26 heavy (non-hydrogen) atoms. The van der Waals surface area contributed by atoms with E-state index in [-0.39, 0.29) is 0 Å². The van der Waals surface area contributed by atoms with Gasteiger partial charge in [-0.05, 0) is 30.5 Å². The number of nitrogens with zero attached hydrogens (tertiary/aromatic N) is 2. The summed E-state index contributed by atoms with van der Waals surface area (Å²) in [6.45, 7) is 3.88. The first-order valence-corrected chi connectivity index (χ1v) is 10.5. The number of hydrogen-bond donors (Lipinski definition) is 0. The molecular weight excluding hydrogens is 344 g/mol. The van der Waals surface area contributed by atoms with E-state index in [1.54, 1.807) is 0 Å². The molecule has 0 aliphatic heterocycles. The average Bonchev–Trinajstić information content (AvgIpc) is 3.17. The van der Waals surface area contributed by atoms with Gasteiger partial charge in [0.1, 0.15) is 0 Å². The summed E-state index contributed by atoms with van der Waals surface area (Å²) in [7, 11) is 0. The molecule has 1 heterocycles. The fourth-order valence-electron chi connectivity index (χ4n) is 3.15. The van der Waals surface area contributed by atoms with Crippen LogP contribution < -0.4 is 0 Å². The van der Waals surface area contributed by atoms with Gasteiger partial charge in [0, 0.05) is 24.0 Å². The van der Waals surface area contributed by atoms with Crippen LogP contribution >= 0.6 is 11.6 Å². The van der Waals surface area contributed by atoms with Crippen LogP contribution in [0.4, 0.5) is 0 Å². The highest BCUT2D eigenvalue weighted by atomic mass is 35.5. The fraction of sp³-hybridized carbons (Fsp3) is 0.591. The third kappa shape index (κ3) is 8.86. The number of rotatable bonds is 14. The minimum Gasteiger partial charge on any atom is -0.373 e. The molecule has 144 valence electrons. The van der Waals surface area contributed by atoms with Gasteiger partial charge < -0.3 is 9.30 Å². The zero-order valence-corrected chi connectivity index (χ0v) is 16.8. The molecule has 0 aliphatic rings. The Morgan fingerprint density at radius 1 is 1.00 bits per heavy atom. The van der Waals surface area contributed by atoms with Crippen molar-refractivity contribution in [3.05, 3.63) is 53.6 Å². The molecule has 2 rings (SSSR count). The SMILES string of the molecule is CCCCCCCCCC(CCn1ccnc1)OCc1ccc(Cl)cc1. The molecule has 0 saturated heterocycles. The molecule has 1 atom stereocenters. The summed E-state index contributed by atoms with van der Waals surface area (Å²) >= 11 is 5.96. The van der Waals surface area contributed by atoms with Crippen molar-refractivity contribution in [1.29, 1.82) is 0 Å². The van der Waals surface area contributed by atoms with Gasteiger partial charge >= 0.3 is 0 Å². The Balaban J connectivity index is 1.72. The van der Waals surface area contributed by atoms with Crippen molar-refractivity contribution < 1.29 is 4.74 Å². The standard InChI is InChI=1S/C22H33ClN2O/c1-2-3-4-5-6-7-8-9-22(14-16-25-17-15-24-19-25)26-18-20-10-12-21(23)13-11-20/h10-13,15,17,19,22H,2-9,14,16,18H2,1H3. The van der Waals surface area contributed by atoms with E-state index in [1.165, 1.54) is 50.5 Å². The Morgan fingerprint density at radius 3 is 2.42 bits per heavy atom. The molecule has 0 aliphatic carbocycles. The van der Waals surface area contributed by atoms with Crippen molar-refractivity contribution in [3.63, 3.8) is 0 Å². The molecule has 0 fully saturated rings. The lowest BCUT2D eigenvalue weighted by Crippen LogP contribution is -2.16. The van der Waals surface area contributed by atoms with E-state index in [0.717, 1.165) is 24.4 Å². The van der Waals surface area contributed by atoms with E-state index < -0.39 is 0 Å². The van der Waals surface area contributed by atoms with Crippen molar-refractivity contribution in [2.24, 2.45) is 0 Å². The Labute approximate surface area is 163 Å². The monoisotopic (exact) mass is 376 g/mol. The van der Waals surface area contributed by atoms with E-state index >= 15 is 0 Å². The van der Waals surface area contributed by atoms with Crippen LogP contribution in [0.15, 0.2) is 43.0 Å². The molecule has 1 aromatic heterocycles. The van der Waals surface area contributed by atoms with Gasteiger partial charge in [-0.1, -0.05) is 75.6 Å². The third-order valence-corrected chi connectivity index (χ3v) is 5.05. The number of aromatic nitrogens is 2. The van der Waals surface area contributed by atoms with Crippen molar-refractivity contribution in [1.82, 2.24) is 9.55 Å². The fourth-order valence-corrected chi connectivity index (χ4v) is 3.27. The summed E-state index contributed by atoms with van der Waals surface area (Å²) in [4.78, 5) is 4.12. The van der Waals surface area contributed by atoms with Gasteiger partial charge in [-0.15, -0.1) is 0 Å². The minimum absolute atomic E-state index is 0.295. The van der Waals surface area contributed by atoms with Gasteiger partial charge in [0.25, 0.3) is 0 Å². The van der Waals surface area contributed by atoms with Crippen LogP contribution in [0.5, 0.6) is 0 Å². The summed E-state index contributed by atoms with van der Waals surface area (Å²) in [5.41, 5.74) is 1.18. The maximum Gasteiger partial charge on any atom is 0.0945 e. The maximum atomic E-state index is 6.23. The number of aryl methyl sites for hydroxylation is 1. The number of unbranched alkanes of at least 4 members (excludes halogenated alkanes) is 6. The van der Waals surface area contributed by atoms with Crippen LogP contribution in [-0.4, -0.2) is 15.7 Å². The molecule has 4 heteroatoms. The summed E-state index contributed by atoms with van der Waals surface area (Å²) in [5, 5.41) is 0.772. The van der Waals surface area contributed by atoms with Crippen LogP contribution in [0.25, 0.3) is 0 Å². The van der Waals surface area contributed by atoms with Crippen molar-refractivity contribution in [3.8, 4) is 0 Å². The zero-order valence-electron chi connectivity index (χ0n) is 16.1. The summed E-state index contributed by atoms with van der Waals surface area (Å²) < 4.78 is 8.36. The average molecular weight is 377 g/mol. The summed E-state index contributed by atoms with van der Waals surface area (Å²) in [6, 6.07) is 7.94. The number of imidazole rings is 1. The zero-order chi connectivity index (χ0) is 18.5. The van der Waals surface area contributed by atoms with E-state index in [9.17, 15) is 0 Å². The normalized spacial score (nSPS) is 12.4. The Kier molecular flexibility index (Phi) is 10.4. The van der Waals surface area contributed by atoms with Gasteiger partial charge in [0.2, 0.25) is 0 Å². The van der Waals surface area contributed by atoms with Crippen LogP contribution in [-0.2, 0) is 17.9 Å². The highest BCUT2D eigenvalue weighted by molar-refractivity contribution is 6.30. The molecule has 0 bridgehead atoms. The minimum atomic E-state index is 0.295. The second-order valence-electron chi connectivity index (χ2n) is 7.06. The summed E-state index contributed by atoms with van der Waals surface area (Å²) in [6.07, 6.45) is 17.6. The highest BCUT2D eigenvalue weighted by Crippen LogP contribution is 2.17. The van der Waals surface area contributed by atoms with Crippen molar-refractivity contribution in [2.45, 2.75) is 84.0 Å². The molecule has 0 radical (unpaired) electrons. The molecule has 0 amide bonds. The van der Waals surface area contributed by atoms with E-state index in [1.807, 2.05) is 43.0 Å². The van der Waals surface area contributed by atoms with Crippen molar-refractivity contribution >= 4 is 11.6 Å². The lowest BCUT2D eigenvalue weighted by atomic mass is 10.0. The second kappa shape index (κ2) is 12.9. The first-order valence-electron chi connectivity index (χ1n) is 10.1. The predicted octanol–water partition coefficient (Wildman–Crippen LogP) is 6.65. The van der Waals surface area contributed by atoms with Crippen LogP contribution in [0.3, 0.4) is 0 Å². The molecule has 0 saturated carbocycles. The van der Waals surface area contributed by atoms with E-state index in [0.29, 0.717) is 12.7 Å². The number of benzene rings is 1. The molecule has 0 spiro atoms. The Morgan fingerprint density at radius 2 is 1.73 bits per heavy atom. The molecule has 3 nitrogen and oxygen atoms in total. The maximum absolute atomic E-state index is 6.23. The molecule has 0 N–H and O–H groups in total. The highest BCUT2D eigenvalue weighted by Gasteiger charge is 2.10. The smallest absolute Gasteiger partial charge is 0.0945 e. The van der Waals surface area contributed by atoms with Crippen LogP contribution in [0.1, 0.15) is 70.3 Å². The number of halogens is 1. The second-order valence-corrected chi connectivity index (χ2v) is 7.50. The van der Waals surface area contributed by atoms with E-state index in [2.05, 4.69) is 16.5 Å². The number of hydrogen-bond acceptors (Lipinski definition) is 2. The van der Waals surface area contributed by atoms with Gasteiger partial charge in [-0.25, -0.2) is 4.98 Å². The molecule has 1 unspecified atom stereocenters. The van der Waals surface area contributed by atoms with Crippen LogP contribution in [0, 0.1) is 0 Å².